The molecule has 0 aliphatic carbocycles. The van der Waals surface area contributed by atoms with E-state index >= 15 is 0 Å². The lowest BCUT2D eigenvalue weighted by Gasteiger charge is -2.27. The number of halogens is 1. The van der Waals surface area contributed by atoms with Crippen LogP contribution in [0.1, 0.15) is 37.1 Å². The van der Waals surface area contributed by atoms with Crippen molar-refractivity contribution in [2.75, 3.05) is 6.54 Å². The largest absolute Gasteiger partial charge is 0.333 e. The monoisotopic (exact) mass is 321 g/mol. The Bertz CT molecular complexity index is 541. The van der Waals surface area contributed by atoms with Crippen molar-refractivity contribution < 1.29 is 13.2 Å². The summed E-state index contributed by atoms with van der Waals surface area (Å²) >= 11 is 1.59. The highest BCUT2D eigenvalue weighted by molar-refractivity contribution is 8.14. The maximum Gasteiger partial charge on any atom is 0.237 e. The number of carbonyl (C=O) groups excluding carboxylic acids is 1. The first kappa shape index (κ1) is 14.8. The average Bonchev–Trinajstić information content (AvgIpc) is 2.94. The van der Waals surface area contributed by atoms with Crippen LogP contribution in [-0.4, -0.2) is 31.0 Å². The second kappa shape index (κ2) is 5.81. The van der Waals surface area contributed by atoms with E-state index in [-0.39, 0.29) is 24.9 Å². The fourth-order valence-electron chi connectivity index (χ4n) is 2.39. The summed E-state index contributed by atoms with van der Waals surface area (Å²) in [6, 6.07) is 3.90. The van der Waals surface area contributed by atoms with Crippen molar-refractivity contribution in [3.05, 3.63) is 22.4 Å². The lowest BCUT2D eigenvalue weighted by Crippen LogP contribution is -2.31. The molecule has 2 unspecified atom stereocenters. The third-order valence-corrected chi connectivity index (χ3v) is 6.17. The topological polar surface area (TPSA) is 54.5 Å². The molecule has 106 valence electrons. The SMILES string of the molecule is CCCC(c1cccs1)N1CC(S(=O)(=O)Cl)CC1=O. The third kappa shape index (κ3) is 3.30. The molecule has 1 aromatic rings. The first-order valence-electron chi connectivity index (χ1n) is 6.19. The average molecular weight is 322 g/mol. The first-order chi connectivity index (χ1) is 8.93. The minimum absolute atomic E-state index is 0.00256. The van der Waals surface area contributed by atoms with E-state index in [1.807, 2.05) is 17.5 Å². The Morgan fingerprint density at radius 1 is 1.58 bits per heavy atom. The normalized spacial score (nSPS) is 21.9. The highest BCUT2D eigenvalue weighted by Crippen LogP contribution is 2.34. The van der Waals surface area contributed by atoms with Crippen LogP contribution in [0.3, 0.4) is 0 Å². The summed E-state index contributed by atoms with van der Waals surface area (Å²) < 4.78 is 22.8. The Balaban J connectivity index is 2.22. The third-order valence-electron chi connectivity index (χ3n) is 3.33. The van der Waals surface area contributed by atoms with Gasteiger partial charge in [-0.2, -0.15) is 0 Å². The highest BCUT2D eigenvalue weighted by atomic mass is 35.7. The van der Waals surface area contributed by atoms with E-state index in [2.05, 4.69) is 6.92 Å². The van der Waals surface area contributed by atoms with Crippen molar-refractivity contribution in [1.29, 1.82) is 0 Å². The Labute approximate surface area is 121 Å². The van der Waals surface area contributed by atoms with Crippen LogP contribution in [0, 0.1) is 0 Å². The second-order valence-electron chi connectivity index (χ2n) is 4.67. The predicted molar refractivity (Wildman–Crippen MR) is 76.9 cm³/mol. The number of carbonyl (C=O) groups is 1. The van der Waals surface area contributed by atoms with Gasteiger partial charge in [0.05, 0.1) is 6.04 Å². The molecule has 0 radical (unpaired) electrons. The van der Waals surface area contributed by atoms with E-state index in [1.54, 1.807) is 16.2 Å². The fraction of sp³-hybridized carbons (Fsp3) is 0.583. The predicted octanol–water partition coefficient (Wildman–Crippen LogP) is 2.76. The maximum atomic E-state index is 12.1. The highest BCUT2D eigenvalue weighted by Gasteiger charge is 2.40. The zero-order valence-corrected chi connectivity index (χ0v) is 13.0. The Morgan fingerprint density at radius 2 is 2.32 bits per heavy atom. The van der Waals surface area contributed by atoms with Gasteiger partial charge < -0.3 is 4.90 Å². The van der Waals surface area contributed by atoms with E-state index in [0.717, 1.165) is 17.7 Å². The van der Waals surface area contributed by atoms with Crippen LogP contribution in [0.25, 0.3) is 0 Å². The van der Waals surface area contributed by atoms with Crippen LogP contribution in [0.4, 0.5) is 0 Å². The minimum Gasteiger partial charge on any atom is -0.333 e. The summed E-state index contributed by atoms with van der Waals surface area (Å²) in [6.45, 7) is 2.25. The van der Waals surface area contributed by atoms with Gasteiger partial charge in [-0.25, -0.2) is 8.42 Å². The van der Waals surface area contributed by atoms with Crippen molar-refractivity contribution in [3.63, 3.8) is 0 Å². The number of amides is 1. The molecule has 1 saturated heterocycles. The van der Waals surface area contributed by atoms with Crippen molar-refractivity contribution in [3.8, 4) is 0 Å². The first-order valence-corrected chi connectivity index (χ1v) is 9.45. The summed E-state index contributed by atoms with van der Waals surface area (Å²) in [6.07, 6.45) is 1.77. The van der Waals surface area contributed by atoms with Crippen LogP contribution in [0.15, 0.2) is 17.5 Å². The molecule has 2 heterocycles. The van der Waals surface area contributed by atoms with Crippen molar-refractivity contribution in [2.24, 2.45) is 0 Å². The van der Waals surface area contributed by atoms with E-state index in [9.17, 15) is 13.2 Å². The number of likely N-dealkylation sites (tertiary alicyclic amines) is 1. The fourth-order valence-corrected chi connectivity index (χ4v) is 4.31. The zero-order valence-electron chi connectivity index (χ0n) is 10.6. The van der Waals surface area contributed by atoms with Gasteiger partial charge in [-0.3, -0.25) is 4.79 Å². The van der Waals surface area contributed by atoms with Crippen molar-refractivity contribution in [2.45, 2.75) is 37.5 Å². The van der Waals surface area contributed by atoms with Gasteiger partial charge in [0, 0.05) is 28.5 Å². The molecular formula is C12H16ClNO3S2. The van der Waals surface area contributed by atoms with Crippen LogP contribution < -0.4 is 0 Å². The Hall–Kier alpha value is -0.590. The van der Waals surface area contributed by atoms with E-state index in [4.69, 9.17) is 10.7 Å². The van der Waals surface area contributed by atoms with Gasteiger partial charge in [0.15, 0.2) is 0 Å². The van der Waals surface area contributed by atoms with E-state index < -0.39 is 14.3 Å². The van der Waals surface area contributed by atoms with Gasteiger partial charge >= 0.3 is 0 Å². The van der Waals surface area contributed by atoms with E-state index in [0.29, 0.717) is 0 Å². The second-order valence-corrected chi connectivity index (χ2v) is 8.56. The summed E-state index contributed by atoms with van der Waals surface area (Å²) in [4.78, 5) is 14.8. The molecule has 2 rings (SSSR count). The molecule has 0 aromatic carbocycles. The summed E-state index contributed by atoms with van der Waals surface area (Å²) in [5.41, 5.74) is 0. The minimum atomic E-state index is -3.67. The summed E-state index contributed by atoms with van der Waals surface area (Å²) in [5.74, 6) is -0.124. The standard InChI is InChI=1S/C12H16ClNO3S2/c1-2-4-10(11-5-3-6-18-11)14-8-9(7-12(14)15)19(13,16)17/h3,5-6,9-10H,2,4,7-8H2,1H3. The molecule has 0 spiro atoms. The number of thiophene rings is 1. The number of hydrogen-bond donors (Lipinski definition) is 0. The molecule has 0 saturated carbocycles. The Morgan fingerprint density at radius 3 is 2.79 bits per heavy atom. The number of hydrogen-bond acceptors (Lipinski definition) is 4. The lowest BCUT2D eigenvalue weighted by molar-refractivity contribution is -0.129. The summed E-state index contributed by atoms with van der Waals surface area (Å²) in [7, 11) is 1.70. The molecule has 2 atom stereocenters. The molecule has 1 aliphatic heterocycles. The van der Waals surface area contributed by atoms with Gasteiger partial charge in [0.2, 0.25) is 15.0 Å². The van der Waals surface area contributed by atoms with Gasteiger partial charge in [-0.15, -0.1) is 11.3 Å². The number of rotatable bonds is 5. The van der Waals surface area contributed by atoms with Crippen molar-refractivity contribution >= 4 is 37.0 Å². The molecule has 4 nitrogen and oxygen atoms in total. The molecule has 7 heteroatoms. The van der Waals surface area contributed by atoms with Crippen molar-refractivity contribution in [1.82, 2.24) is 4.90 Å². The maximum absolute atomic E-state index is 12.1. The van der Waals surface area contributed by atoms with E-state index in [1.165, 1.54) is 0 Å². The van der Waals surface area contributed by atoms with Crippen LogP contribution in [-0.2, 0) is 13.8 Å². The Kier molecular flexibility index (Phi) is 4.53. The molecule has 19 heavy (non-hydrogen) atoms. The van der Waals surface area contributed by atoms with Gasteiger partial charge in [-0.1, -0.05) is 19.4 Å². The lowest BCUT2D eigenvalue weighted by atomic mass is 10.1. The van der Waals surface area contributed by atoms with Crippen LogP contribution in [0.2, 0.25) is 0 Å². The smallest absolute Gasteiger partial charge is 0.237 e. The van der Waals surface area contributed by atoms with Gasteiger partial charge in [0.1, 0.15) is 5.25 Å². The molecule has 0 bridgehead atoms. The molecular weight excluding hydrogens is 306 g/mol. The molecule has 1 aliphatic rings. The number of nitrogens with zero attached hydrogens (tertiary/aromatic N) is 1. The zero-order chi connectivity index (χ0) is 14.0. The van der Waals surface area contributed by atoms with Crippen LogP contribution in [0.5, 0.6) is 0 Å². The molecule has 1 fully saturated rings. The van der Waals surface area contributed by atoms with Crippen LogP contribution >= 0.6 is 22.0 Å². The van der Waals surface area contributed by atoms with Gasteiger partial charge in [0.25, 0.3) is 0 Å². The summed E-state index contributed by atoms with van der Waals surface area (Å²) in [5, 5.41) is 1.19. The molecule has 0 N–H and O–H groups in total. The van der Waals surface area contributed by atoms with Gasteiger partial charge in [-0.05, 0) is 17.9 Å². The quantitative estimate of drug-likeness (QED) is 0.784. The molecule has 1 aromatic heterocycles. The molecule has 1 amide bonds.